The van der Waals surface area contributed by atoms with E-state index in [0.29, 0.717) is 30.4 Å². The summed E-state index contributed by atoms with van der Waals surface area (Å²) in [4.78, 5) is 46.9. The van der Waals surface area contributed by atoms with Gasteiger partial charge in [-0.1, -0.05) is 5.16 Å². The molecule has 2 amide bonds. The van der Waals surface area contributed by atoms with Crippen LogP contribution in [0.4, 0.5) is 5.13 Å². The number of β-lactam (4-membered cyclic amide) rings is 1. The number of anilines is 1. The molecular weight excluding hydrogens is 664 g/mol. The number of nitrogens with zero attached hydrogens (tertiary/aromatic N) is 5. The van der Waals surface area contributed by atoms with E-state index in [0.717, 1.165) is 22.2 Å². The highest BCUT2D eigenvalue weighted by Crippen LogP contribution is 2.33. The standard InChI is InChI=1S/C26H32N8O11S2/c1-26(2)21(23(37)34(26)45-47(40,41)42)30-22(36)20(16-12-46-25(27)29-16)31-44-19(24(38)39)11-43-15-4-5-17-13(6-15)9-33(32(17)3)10-14-7-28-8-18(14)35/h4-6,9,12,14,18-19,21,28,35H,7-8,10-11H2,1-3H3,(H4-,27,29,30,36,38,39,40,41,42)/b31-20-/t14-,18-,19?,21-/m1/s1. The van der Waals surface area contributed by atoms with Gasteiger partial charge in [0.2, 0.25) is 16.6 Å². The first-order valence-electron chi connectivity index (χ1n) is 14.0. The molecule has 1 aromatic carbocycles. The molecular formula is C26H32N8O11S2. The average molecular weight is 697 g/mol. The van der Waals surface area contributed by atoms with Gasteiger partial charge in [-0.15, -0.1) is 16.0 Å². The van der Waals surface area contributed by atoms with Crippen molar-refractivity contribution in [2.24, 2.45) is 18.1 Å². The Hall–Kier alpha value is -4.41. The van der Waals surface area contributed by atoms with Crippen molar-refractivity contribution in [2.75, 3.05) is 25.4 Å². The van der Waals surface area contributed by atoms with Gasteiger partial charge in [0.05, 0.1) is 30.0 Å². The van der Waals surface area contributed by atoms with Crippen LogP contribution in [0.15, 0.2) is 34.9 Å². The Labute approximate surface area is 271 Å². The molecule has 2 aliphatic heterocycles. The van der Waals surface area contributed by atoms with Crippen molar-refractivity contribution in [1.29, 1.82) is 0 Å². The monoisotopic (exact) mass is 696 g/mol. The lowest BCUT2D eigenvalue weighted by Gasteiger charge is -2.51. The lowest BCUT2D eigenvalue weighted by atomic mass is 9.84. The quantitative estimate of drug-likeness (QED) is 0.0318. The number of ether oxygens (including phenoxy) is 1. The Kier molecular flexibility index (Phi) is 9.39. The zero-order valence-corrected chi connectivity index (χ0v) is 26.9. The van der Waals surface area contributed by atoms with E-state index in [1.807, 2.05) is 22.6 Å². The zero-order valence-electron chi connectivity index (χ0n) is 25.2. The summed E-state index contributed by atoms with van der Waals surface area (Å²) in [6.07, 6.45) is -0.251. The summed E-state index contributed by atoms with van der Waals surface area (Å²) in [5.41, 5.74) is 4.47. The third-order valence-corrected chi connectivity index (χ3v) is 8.80. The Morgan fingerprint density at radius 2 is 2.11 bits per heavy atom. The van der Waals surface area contributed by atoms with Gasteiger partial charge >= 0.3 is 5.97 Å². The summed E-state index contributed by atoms with van der Waals surface area (Å²) in [5.74, 6) is -3.16. The van der Waals surface area contributed by atoms with Crippen molar-refractivity contribution in [2.45, 2.75) is 44.2 Å². The number of nitrogen functional groups attached to an aromatic ring is 1. The van der Waals surface area contributed by atoms with E-state index in [2.05, 4.69) is 25.1 Å². The van der Waals surface area contributed by atoms with Crippen molar-refractivity contribution in [1.82, 2.24) is 25.4 Å². The number of nitrogens with one attached hydrogen (secondary N) is 2. The number of β-amino-alcohol motifs (C(OH)–C–C–N with tert-alkyl or cyclic N) is 1. The van der Waals surface area contributed by atoms with Gasteiger partial charge in [0.15, 0.2) is 17.4 Å². The molecule has 0 saturated carbocycles. The number of fused-ring (bicyclic) bond motifs is 1. The summed E-state index contributed by atoms with van der Waals surface area (Å²) in [7, 11) is -3.39. The van der Waals surface area contributed by atoms with Gasteiger partial charge in [-0.05, 0) is 32.0 Å². The molecule has 21 heteroatoms. The number of aliphatic carboxylic acids is 1. The molecule has 4 heterocycles. The smallest absolute Gasteiger partial charge is 0.351 e. The van der Waals surface area contributed by atoms with Crippen LogP contribution in [0.2, 0.25) is 0 Å². The lowest BCUT2D eigenvalue weighted by molar-refractivity contribution is -0.776. The van der Waals surface area contributed by atoms with Crippen molar-refractivity contribution in [3.05, 3.63) is 35.5 Å². The SMILES string of the molecule is Cn1c2ccc(OCC(O/N=C(\C(=O)N[C@@H]3C(=O)N(OS(=O)(=O)[O-])C3(C)C)c3csc(N)n3)C(=O)O)cc2c[n+]1C[C@H]1CNC[C@H]1O. The molecule has 0 aliphatic carbocycles. The third-order valence-electron chi connectivity index (χ3n) is 7.79. The van der Waals surface area contributed by atoms with E-state index in [1.165, 1.54) is 19.2 Å². The van der Waals surface area contributed by atoms with Crippen LogP contribution in [-0.2, 0) is 47.5 Å². The number of benzene rings is 1. The number of aliphatic hydroxyl groups excluding tert-OH is 1. The fourth-order valence-corrected chi connectivity index (χ4v) is 6.18. The van der Waals surface area contributed by atoms with E-state index >= 15 is 0 Å². The molecule has 47 heavy (non-hydrogen) atoms. The van der Waals surface area contributed by atoms with Crippen LogP contribution in [0.5, 0.6) is 5.75 Å². The van der Waals surface area contributed by atoms with Crippen molar-refractivity contribution in [3.63, 3.8) is 0 Å². The number of aryl methyl sites for hydroxylation is 1. The van der Waals surface area contributed by atoms with Gasteiger partial charge in [-0.25, -0.2) is 18.2 Å². The average Bonchev–Trinajstić information content (AvgIpc) is 3.69. The summed E-state index contributed by atoms with van der Waals surface area (Å²) >= 11 is 0.950. The van der Waals surface area contributed by atoms with Crippen LogP contribution in [0.1, 0.15) is 19.5 Å². The highest BCUT2D eigenvalue weighted by atomic mass is 32.3. The number of thiazole rings is 1. The largest absolute Gasteiger partial charge is 0.724 e. The van der Waals surface area contributed by atoms with Gasteiger partial charge in [0.1, 0.15) is 29.6 Å². The van der Waals surface area contributed by atoms with Crippen molar-refractivity contribution < 1.29 is 56.1 Å². The minimum absolute atomic E-state index is 0.0486. The van der Waals surface area contributed by atoms with Crippen molar-refractivity contribution >= 4 is 61.3 Å². The summed E-state index contributed by atoms with van der Waals surface area (Å²) in [6, 6.07) is 3.82. The van der Waals surface area contributed by atoms with Crippen LogP contribution in [-0.4, -0.2) is 105 Å². The second kappa shape index (κ2) is 13.0. The molecule has 1 unspecified atom stereocenters. The van der Waals surface area contributed by atoms with Crippen LogP contribution >= 0.6 is 11.3 Å². The second-order valence-electron chi connectivity index (χ2n) is 11.4. The predicted octanol–water partition coefficient (Wildman–Crippen LogP) is -2.16. The van der Waals surface area contributed by atoms with Gasteiger partial charge in [0.25, 0.3) is 17.9 Å². The number of aromatic nitrogens is 3. The maximum Gasteiger partial charge on any atom is 0.351 e. The van der Waals surface area contributed by atoms with Gasteiger partial charge in [0, 0.05) is 18.5 Å². The molecule has 2 saturated heterocycles. The second-order valence-corrected chi connectivity index (χ2v) is 13.3. The molecule has 0 radical (unpaired) electrons. The minimum Gasteiger partial charge on any atom is -0.724 e. The molecule has 6 N–H and O–H groups in total. The lowest BCUT2D eigenvalue weighted by Crippen LogP contribution is -2.76. The number of hydrogen-bond acceptors (Lipinski definition) is 15. The first kappa shape index (κ1) is 33.9. The first-order chi connectivity index (χ1) is 22.0. The molecule has 254 valence electrons. The van der Waals surface area contributed by atoms with E-state index in [1.54, 1.807) is 18.2 Å². The molecule has 0 spiro atoms. The number of carboxylic acid groups (broad SMARTS) is 1. The number of carbonyl (C=O) groups excluding carboxylic acids is 2. The number of hydroxylamine groups is 2. The van der Waals surface area contributed by atoms with Crippen LogP contribution in [0.3, 0.4) is 0 Å². The minimum atomic E-state index is -5.27. The molecule has 0 bridgehead atoms. The number of carboxylic acids is 1. The van der Waals surface area contributed by atoms with Crippen LogP contribution in [0, 0.1) is 5.92 Å². The third kappa shape index (κ3) is 7.29. The Balaban J connectivity index is 1.29. The molecule has 3 aromatic rings. The molecule has 2 aliphatic rings. The molecule has 2 aromatic heterocycles. The van der Waals surface area contributed by atoms with Crippen molar-refractivity contribution in [3.8, 4) is 5.75 Å². The van der Waals surface area contributed by atoms with E-state index in [4.69, 9.17) is 15.3 Å². The maximum absolute atomic E-state index is 13.2. The van der Waals surface area contributed by atoms with Gasteiger partial charge in [-0.3, -0.25) is 9.59 Å². The summed E-state index contributed by atoms with van der Waals surface area (Å²) in [5, 5.41) is 31.7. The topological polar surface area (TPSA) is 264 Å². The van der Waals surface area contributed by atoms with E-state index < -0.39 is 64.3 Å². The number of rotatable bonds is 13. The number of hydrogen-bond donors (Lipinski definition) is 5. The predicted molar refractivity (Wildman–Crippen MR) is 160 cm³/mol. The number of nitrogens with two attached hydrogens (primary N) is 1. The highest BCUT2D eigenvalue weighted by molar-refractivity contribution is 7.80. The summed E-state index contributed by atoms with van der Waals surface area (Å²) in [6.45, 7) is 3.97. The summed E-state index contributed by atoms with van der Waals surface area (Å²) < 4.78 is 46.8. The molecule has 5 rings (SSSR count). The zero-order chi connectivity index (χ0) is 34.3. The molecule has 19 nitrogen and oxygen atoms in total. The number of oxime groups is 1. The normalized spacial score (nSPS) is 21.8. The Morgan fingerprint density at radius 1 is 1.36 bits per heavy atom. The highest BCUT2D eigenvalue weighted by Gasteiger charge is 2.57. The van der Waals surface area contributed by atoms with E-state index in [9.17, 15) is 37.6 Å². The first-order valence-corrected chi connectivity index (χ1v) is 16.3. The van der Waals surface area contributed by atoms with Crippen LogP contribution < -0.4 is 25.8 Å². The Bertz CT molecular complexity index is 1840. The fourth-order valence-electron chi connectivity index (χ4n) is 5.18. The fraction of sp³-hybridized carbons (Fsp3) is 0.462. The van der Waals surface area contributed by atoms with Gasteiger partial charge in [-0.2, -0.15) is 14.0 Å². The van der Waals surface area contributed by atoms with Crippen LogP contribution in [0.25, 0.3) is 10.9 Å². The number of aliphatic hydroxyl groups is 1. The Morgan fingerprint density at radius 3 is 2.70 bits per heavy atom. The van der Waals surface area contributed by atoms with E-state index in [-0.39, 0.29) is 16.7 Å². The molecule has 2 fully saturated rings. The number of carbonyl (C=O) groups is 3. The van der Waals surface area contributed by atoms with Gasteiger partial charge < -0.3 is 40.7 Å². The number of amides is 2. The maximum atomic E-state index is 13.2. The molecule has 4 atom stereocenters.